The summed E-state index contributed by atoms with van der Waals surface area (Å²) in [7, 11) is 0. The predicted molar refractivity (Wildman–Crippen MR) is 61.5 cm³/mol. The number of carbonyl (C=O) groups excluding carboxylic acids is 1. The van der Waals surface area contributed by atoms with Gasteiger partial charge in [0.2, 0.25) is 5.82 Å². The molecule has 7 heteroatoms. The fraction of sp³-hybridized carbons (Fsp3) is 0.455. The lowest BCUT2D eigenvalue weighted by Gasteiger charge is -2.08. The molecule has 96 valence electrons. The van der Waals surface area contributed by atoms with Crippen LogP contribution in [-0.4, -0.2) is 32.8 Å². The first-order chi connectivity index (χ1) is 8.70. The number of esters is 1. The van der Waals surface area contributed by atoms with Crippen LogP contribution in [0.1, 0.15) is 26.3 Å². The Morgan fingerprint density at radius 1 is 1.61 bits per heavy atom. The van der Waals surface area contributed by atoms with Crippen molar-refractivity contribution in [3.8, 4) is 11.6 Å². The van der Waals surface area contributed by atoms with Gasteiger partial charge in [-0.05, 0) is 31.2 Å². The van der Waals surface area contributed by atoms with Crippen molar-refractivity contribution in [1.29, 1.82) is 0 Å². The van der Waals surface area contributed by atoms with Crippen molar-refractivity contribution in [3.05, 3.63) is 18.4 Å². The summed E-state index contributed by atoms with van der Waals surface area (Å²) in [6.45, 7) is 3.96. The van der Waals surface area contributed by atoms with E-state index in [2.05, 4.69) is 15.4 Å². The van der Waals surface area contributed by atoms with Crippen LogP contribution in [0.2, 0.25) is 0 Å². The summed E-state index contributed by atoms with van der Waals surface area (Å²) in [6, 6.07) is 3.29. The first-order valence-corrected chi connectivity index (χ1v) is 5.69. The molecule has 18 heavy (non-hydrogen) atoms. The minimum Gasteiger partial charge on any atom is -0.466 e. The second-order valence-electron chi connectivity index (χ2n) is 3.77. The molecule has 2 aromatic rings. The zero-order valence-electron chi connectivity index (χ0n) is 10.2. The van der Waals surface area contributed by atoms with Crippen LogP contribution in [0.25, 0.3) is 11.6 Å². The number of furan rings is 1. The fourth-order valence-electron chi connectivity index (χ4n) is 1.46. The van der Waals surface area contributed by atoms with E-state index in [1.807, 2.05) is 6.92 Å². The van der Waals surface area contributed by atoms with Crippen LogP contribution in [-0.2, 0) is 9.53 Å². The summed E-state index contributed by atoms with van der Waals surface area (Å²) in [5.74, 6) is 0.669. The molecule has 1 atom stereocenters. The number of hydrogen-bond donors (Lipinski definition) is 0. The zero-order valence-corrected chi connectivity index (χ0v) is 10.2. The number of nitrogens with zero attached hydrogens (tertiary/aromatic N) is 4. The second-order valence-corrected chi connectivity index (χ2v) is 3.77. The Kier molecular flexibility index (Phi) is 3.71. The molecule has 0 aromatic carbocycles. The zero-order chi connectivity index (χ0) is 13.0. The third-order valence-electron chi connectivity index (χ3n) is 2.33. The van der Waals surface area contributed by atoms with Gasteiger partial charge in [0.15, 0.2) is 5.76 Å². The van der Waals surface area contributed by atoms with Crippen molar-refractivity contribution in [2.75, 3.05) is 6.61 Å². The number of tetrazole rings is 1. The topological polar surface area (TPSA) is 83.0 Å². The normalized spacial score (nSPS) is 12.3. The number of rotatable bonds is 5. The average Bonchev–Trinajstić information content (AvgIpc) is 3.00. The van der Waals surface area contributed by atoms with E-state index in [4.69, 9.17) is 9.15 Å². The van der Waals surface area contributed by atoms with Crippen molar-refractivity contribution < 1.29 is 13.9 Å². The Morgan fingerprint density at radius 3 is 3.11 bits per heavy atom. The van der Waals surface area contributed by atoms with Gasteiger partial charge in [0, 0.05) is 0 Å². The highest BCUT2D eigenvalue weighted by molar-refractivity contribution is 5.69. The molecule has 0 aliphatic carbocycles. The first-order valence-electron chi connectivity index (χ1n) is 5.69. The average molecular weight is 250 g/mol. The van der Waals surface area contributed by atoms with Gasteiger partial charge in [-0.2, -0.15) is 4.80 Å². The maximum absolute atomic E-state index is 11.3. The van der Waals surface area contributed by atoms with Crippen LogP contribution in [0.4, 0.5) is 0 Å². The van der Waals surface area contributed by atoms with Crippen molar-refractivity contribution in [3.63, 3.8) is 0 Å². The summed E-state index contributed by atoms with van der Waals surface area (Å²) in [6.07, 6.45) is 1.75. The maximum atomic E-state index is 11.3. The smallest absolute Gasteiger partial charge is 0.308 e. The van der Waals surface area contributed by atoms with E-state index in [9.17, 15) is 4.79 Å². The maximum Gasteiger partial charge on any atom is 0.308 e. The van der Waals surface area contributed by atoms with Crippen molar-refractivity contribution in [1.82, 2.24) is 20.2 Å². The lowest BCUT2D eigenvalue weighted by molar-refractivity contribution is -0.144. The molecule has 0 N–H and O–H groups in total. The number of aromatic nitrogens is 4. The van der Waals surface area contributed by atoms with E-state index in [0.29, 0.717) is 18.2 Å². The van der Waals surface area contributed by atoms with Crippen LogP contribution in [0.5, 0.6) is 0 Å². The van der Waals surface area contributed by atoms with Gasteiger partial charge in [0.05, 0.1) is 25.3 Å². The summed E-state index contributed by atoms with van der Waals surface area (Å²) >= 11 is 0. The van der Waals surface area contributed by atoms with Crippen LogP contribution in [0, 0.1) is 0 Å². The number of carbonyl (C=O) groups is 1. The molecular formula is C11H14N4O3. The van der Waals surface area contributed by atoms with Gasteiger partial charge >= 0.3 is 5.97 Å². The van der Waals surface area contributed by atoms with Gasteiger partial charge in [0.1, 0.15) is 0 Å². The lowest BCUT2D eigenvalue weighted by atomic mass is 10.2. The minimum absolute atomic E-state index is 0.208. The van der Waals surface area contributed by atoms with Gasteiger partial charge in [-0.15, -0.1) is 10.2 Å². The quantitative estimate of drug-likeness (QED) is 0.747. The molecule has 0 bridgehead atoms. The van der Waals surface area contributed by atoms with Gasteiger partial charge in [0.25, 0.3) is 0 Å². The number of hydrogen-bond acceptors (Lipinski definition) is 6. The molecule has 0 spiro atoms. The van der Waals surface area contributed by atoms with E-state index in [1.54, 1.807) is 19.1 Å². The summed E-state index contributed by atoms with van der Waals surface area (Å²) in [5, 5.41) is 11.9. The van der Waals surface area contributed by atoms with E-state index in [1.165, 1.54) is 11.1 Å². The van der Waals surface area contributed by atoms with E-state index < -0.39 is 0 Å². The van der Waals surface area contributed by atoms with Crippen molar-refractivity contribution in [2.45, 2.75) is 26.3 Å². The third kappa shape index (κ3) is 2.73. The van der Waals surface area contributed by atoms with Crippen molar-refractivity contribution >= 4 is 5.97 Å². The van der Waals surface area contributed by atoms with E-state index in [-0.39, 0.29) is 18.4 Å². The van der Waals surface area contributed by atoms with Crippen molar-refractivity contribution in [2.24, 2.45) is 0 Å². The highest BCUT2D eigenvalue weighted by atomic mass is 16.5. The molecule has 0 saturated carbocycles. The molecule has 7 nitrogen and oxygen atoms in total. The SMILES string of the molecule is CCOC(=O)CC(C)n1nnc(-c2ccco2)n1. The molecular weight excluding hydrogens is 236 g/mol. The summed E-state index contributed by atoms with van der Waals surface area (Å²) in [4.78, 5) is 12.7. The Labute approximate surface area is 104 Å². The Balaban J connectivity index is 2.03. The van der Waals surface area contributed by atoms with E-state index in [0.717, 1.165) is 0 Å². The first kappa shape index (κ1) is 12.3. The molecule has 0 aliphatic heterocycles. The summed E-state index contributed by atoms with van der Waals surface area (Å²) in [5.41, 5.74) is 0. The molecule has 0 fully saturated rings. The monoisotopic (exact) mass is 250 g/mol. The second kappa shape index (κ2) is 5.44. The van der Waals surface area contributed by atoms with Gasteiger partial charge in [-0.1, -0.05) is 0 Å². The van der Waals surface area contributed by atoms with Crippen LogP contribution < -0.4 is 0 Å². The Bertz CT molecular complexity index is 506. The molecule has 0 aliphatic rings. The number of ether oxygens (including phenoxy) is 1. The van der Waals surface area contributed by atoms with Crippen LogP contribution >= 0.6 is 0 Å². The Hall–Kier alpha value is -2.18. The largest absolute Gasteiger partial charge is 0.466 e. The molecule has 0 radical (unpaired) electrons. The van der Waals surface area contributed by atoms with Crippen LogP contribution in [0.3, 0.4) is 0 Å². The molecule has 0 amide bonds. The van der Waals surface area contributed by atoms with Gasteiger partial charge in [-0.3, -0.25) is 4.79 Å². The predicted octanol–water partition coefficient (Wildman–Crippen LogP) is 1.45. The molecule has 2 heterocycles. The molecule has 0 saturated heterocycles. The molecule has 2 aromatic heterocycles. The highest BCUT2D eigenvalue weighted by Crippen LogP contribution is 2.15. The van der Waals surface area contributed by atoms with E-state index >= 15 is 0 Å². The Morgan fingerprint density at radius 2 is 2.44 bits per heavy atom. The summed E-state index contributed by atoms with van der Waals surface area (Å²) < 4.78 is 10.0. The standard InChI is InChI=1S/C11H14N4O3/c1-3-17-10(16)7-8(2)15-13-11(12-14-15)9-5-4-6-18-9/h4-6,8H,3,7H2,1-2H3. The van der Waals surface area contributed by atoms with Gasteiger partial charge in [-0.25, -0.2) is 0 Å². The minimum atomic E-state index is -0.276. The highest BCUT2D eigenvalue weighted by Gasteiger charge is 2.16. The fourth-order valence-corrected chi connectivity index (χ4v) is 1.46. The molecule has 2 rings (SSSR count). The lowest BCUT2D eigenvalue weighted by Crippen LogP contribution is -2.15. The molecule has 1 unspecified atom stereocenters. The van der Waals surface area contributed by atoms with Crippen LogP contribution in [0.15, 0.2) is 22.8 Å². The third-order valence-corrected chi connectivity index (χ3v) is 2.33. The van der Waals surface area contributed by atoms with Gasteiger partial charge < -0.3 is 9.15 Å².